The van der Waals surface area contributed by atoms with Crippen LogP contribution in [0.2, 0.25) is 0 Å². The molecule has 0 amide bonds. The second-order valence-corrected chi connectivity index (χ2v) is 5.29. The first-order valence-electron chi connectivity index (χ1n) is 6.66. The highest BCUT2D eigenvalue weighted by Crippen LogP contribution is 2.41. The molecule has 1 N–H and O–H groups in total. The SMILES string of the molecule is Cc1cc[nH]c(=O)c1C1CCC2(CC1)OCCO2. The van der Waals surface area contributed by atoms with Gasteiger partial charge in [-0.1, -0.05) is 0 Å². The number of pyridine rings is 1. The lowest BCUT2D eigenvalue weighted by atomic mass is 9.80. The molecule has 0 radical (unpaired) electrons. The van der Waals surface area contributed by atoms with Crippen LogP contribution in [-0.2, 0) is 9.47 Å². The number of aromatic amines is 1. The number of H-pyrrole nitrogens is 1. The third-order valence-electron chi connectivity index (χ3n) is 4.19. The summed E-state index contributed by atoms with van der Waals surface area (Å²) in [5, 5.41) is 0. The Balaban J connectivity index is 1.78. The minimum absolute atomic E-state index is 0.0595. The maximum Gasteiger partial charge on any atom is 0.251 e. The average Bonchev–Trinajstić information content (AvgIpc) is 2.80. The molecule has 1 aliphatic carbocycles. The van der Waals surface area contributed by atoms with Gasteiger partial charge in [-0.3, -0.25) is 4.79 Å². The number of hydrogen-bond donors (Lipinski definition) is 1. The Morgan fingerprint density at radius 3 is 2.56 bits per heavy atom. The van der Waals surface area contributed by atoms with Gasteiger partial charge in [0.15, 0.2) is 5.79 Å². The molecule has 2 aliphatic rings. The molecular formula is C14H19NO3. The molecule has 1 saturated heterocycles. The molecule has 98 valence electrons. The van der Waals surface area contributed by atoms with Crippen molar-refractivity contribution in [2.45, 2.75) is 44.3 Å². The summed E-state index contributed by atoms with van der Waals surface area (Å²) in [7, 11) is 0. The maximum absolute atomic E-state index is 11.9. The van der Waals surface area contributed by atoms with Crippen LogP contribution in [0, 0.1) is 6.92 Å². The molecule has 1 saturated carbocycles. The molecule has 3 rings (SSSR count). The molecule has 0 unspecified atom stereocenters. The van der Waals surface area contributed by atoms with Gasteiger partial charge in [0.1, 0.15) is 0 Å². The van der Waals surface area contributed by atoms with Crippen molar-refractivity contribution in [2.24, 2.45) is 0 Å². The van der Waals surface area contributed by atoms with Crippen molar-refractivity contribution in [1.82, 2.24) is 4.98 Å². The Labute approximate surface area is 106 Å². The van der Waals surface area contributed by atoms with Gasteiger partial charge in [0.25, 0.3) is 5.56 Å². The molecule has 4 heteroatoms. The summed E-state index contributed by atoms with van der Waals surface area (Å²) in [4.78, 5) is 14.7. The lowest BCUT2D eigenvalue weighted by Crippen LogP contribution is -2.35. The summed E-state index contributed by atoms with van der Waals surface area (Å²) in [6.45, 7) is 3.42. The van der Waals surface area contributed by atoms with E-state index in [4.69, 9.17) is 9.47 Å². The number of rotatable bonds is 1. The van der Waals surface area contributed by atoms with E-state index in [-0.39, 0.29) is 11.3 Å². The summed E-state index contributed by atoms with van der Waals surface area (Å²) in [6.07, 6.45) is 5.44. The van der Waals surface area contributed by atoms with Gasteiger partial charge >= 0.3 is 0 Å². The van der Waals surface area contributed by atoms with Crippen LogP contribution in [0.5, 0.6) is 0 Å². The van der Waals surface area contributed by atoms with Crippen LogP contribution in [-0.4, -0.2) is 24.0 Å². The van der Waals surface area contributed by atoms with Crippen LogP contribution in [0.3, 0.4) is 0 Å². The highest BCUT2D eigenvalue weighted by Gasteiger charge is 2.41. The monoisotopic (exact) mass is 249 g/mol. The molecule has 1 aliphatic heterocycles. The van der Waals surface area contributed by atoms with Crippen molar-refractivity contribution in [1.29, 1.82) is 0 Å². The highest BCUT2D eigenvalue weighted by molar-refractivity contribution is 5.26. The summed E-state index contributed by atoms with van der Waals surface area (Å²) in [6, 6.07) is 1.98. The standard InChI is InChI=1S/C14H19NO3/c1-10-4-7-15-13(16)12(10)11-2-5-14(6-3-11)17-8-9-18-14/h4,7,11H,2-3,5-6,8-9H2,1H3,(H,15,16). The van der Waals surface area contributed by atoms with Crippen molar-refractivity contribution in [3.05, 3.63) is 33.7 Å². The quantitative estimate of drug-likeness (QED) is 0.829. The first-order valence-corrected chi connectivity index (χ1v) is 6.66. The van der Waals surface area contributed by atoms with Gasteiger partial charge in [0, 0.05) is 24.6 Å². The fourth-order valence-corrected chi connectivity index (χ4v) is 3.23. The lowest BCUT2D eigenvalue weighted by molar-refractivity contribution is -0.178. The van der Waals surface area contributed by atoms with Crippen molar-refractivity contribution >= 4 is 0 Å². The third kappa shape index (κ3) is 1.99. The van der Waals surface area contributed by atoms with E-state index in [2.05, 4.69) is 4.98 Å². The second kappa shape index (κ2) is 4.52. The molecule has 0 atom stereocenters. The molecule has 1 aromatic heterocycles. The Morgan fingerprint density at radius 1 is 1.28 bits per heavy atom. The van der Waals surface area contributed by atoms with E-state index in [0.717, 1.165) is 36.8 Å². The summed E-state index contributed by atoms with van der Waals surface area (Å²) in [5.74, 6) is -0.000234. The predicted octanol–water partition coefficient (Wildman–Crippen LogP) is 2.08. The molecule has 1 spiro atoms. The van der Waals surface area contributed by atoms with Crippen molar-refractivity contribution in [3.8, 4) is 0 Å². The van der Waals surface area contributed by atoms with E-state index >= 15 is 0 Å². The molecule has 0 bridgehead atoms. The zero-order valence-corrected chi connectivity index (χ0v) is 10.7. The van der Waals surface area contributed by atoms with E-state index in [1.807, 2.05) is 13.0 Å². The van der Waals surface area contributed by atoms with Crippen LogP contribution in [0.1, 0.15) is 42.7 Å². The van der Waals surface area contributed by atoms with Gasteiger partial charge in [-0.2, -0.15) is 0 Å². The van der Waals surface area contributed by atoms with Gasteiger partial charge in [0.2, 0.25) is 0 Å². The van der Waals surface area contributed by atoms with Crippen molar-refractivity contribution < 1.29 is 9.47 Å². The number of nitrogens with one attached hydrogen (secondary N) is 1. The zero-order chi connectivity index (χ0) is 12.6. The Bertz CT molecular complexity index is 478. The summed E-state index contributed by atoms with van der Waals surface area (Å²) >= 11 is 0. The molecule has 2 heterocycles. The maximum atomic E-state index is 11.9. The van der Waals surface area contributed by atoms with Crippen LogP contribution in [0.15, 0.2) is 17.1 Å². The van der Waals surface area contributed by atoms with Gasteiger partial charge < -0.3 is 14.5 Å². The normalized spacial score (nSPS) is 23.6. The zero-order valence-electron chi connectivity index (χ0n) is 10.7. The molecule has 1 aromatic rings. The minimum Gasteiger partial charge on any atom is -0.348 e. The number of aryl methyl sites for hydroxylation is 1. The molecule has 0 aromatic carbocycles. The predicted molar refractivity (Wildman–Crippen MR) is 67.6 cm³/mol. The van der Waals surface area contributed by atoms with Crippen LogP contribution in [0.25, 0.3) is 0 Å². The minimum atomic E-state index is -0.341. The highest BCUT2D eigenvalue weighted by atomic mass is 16.7. The lowest BCUT2D eigenvalue weighted by Gasteiger charge is -2.35. The second-order valence-electron chi connectivity index (χ2n) is 5.29. The van der Waals surface area contributed by atoms with Gasteiger partial charge in [-0.25, -0.2) is 0 Å². The van der Waals surface area contributed by atoms with Crippen LogP contribution < -0.4 is 5.56 Å². The number of hydrogen-bond acceptors (Lipinski definition) is 3. The fraction of sp³-hybridized carbons (Fsp3) is 0.643. The molecule has 2 fully saturated rings. The third-order valence-corrected chi connectivity index (χ3v) is 4.19. The number of ether oxygens (including phenoxy) is 2. The Morgan fingerprint density at radius 2 is 1.94 bits per heavy atom. The Hall–Kier alpha value is -1.13. The van der Waals surface area contributed by atoms with Gasteiger partial charge in [-0.05, 0) is 37.3 Å². The Kier molecular flexibility index (Phi) is 2.99. The van der Waals surface area contributed by atoms with Crippen LogP contribution in [0.4, 0.5) is 0 Å². The molecule has 18 heavy (non-hydrogen) atoms. The summed E-state index contributed by atoms with van der Waals surface area (Å²) < 4.78 is 11.4. The van der Waals surface area contributed by atoms with E-state index < -0.39 is 0 Å². The molecular weight excluding hydrogens is 230 g/mol. The van der Waals surface area contributed by atoms with E-state index in [0.29, 0.717) is 19.1 Å². The first kappa shape index (κ1) is 11.9. The van der Waals surface area contributed by atoms with Gasteiger partial charge in [0.05, 0.1) is 13.2 Å². The average molecular weight is 249 g/mol. The van der Waals surface area contributed by atoms with E-state index in [1.165, 1.54) is 0 Å². The largest absolute Gasteiger partial charge is 0.348 e. The van der Waals surface area contributed by atoms with E-state index in [1.54, 1.807) is 6.20 Å². The fourth-order valence-electron chi connectivity index (χ4n) is 3.23. The van der Waals surface area contributed by atoms with Crippen molar-refractivity contribution in [3.63, 3.8) is 0 Å². The van der Waals surface area contributed by atoms with Gasteiger partial charge in [-0.15, -0.1) is 0 Å². The summed E-state index contributed by atoms with van der Waals surface area (Å²) in [5.41, 5.74) is 2.10. The number of aromatic nitrogens is 1. The smallest absolute Gasteiger partial charge is 0.251 e. The first-order chi connectivity index (χ1) is 8.70. The van der Waals surface area contributed by atoms with E-state index in [9.17, 15) is 4.79 Å². The molecule has 4 nitrogen and oxygen atoms in total. The topological polar surface area (TPSA) is 51.3 Å². The van der Waals surface area contributed by atoms with Crippen molar-refractivity contribution in [2.75, 3.05) is 13.2 Å². The van der Waals surface area contributed by atoms with Crippen LogP contribution >= 0.6 is 0 Å².